The lowest BCUT2D eigenvalue weighted by Gasteiger charge is -2.23. The number of halogens is 1. The van der Waals surface area contributed by atoms with Crippen molar-refractivity contribution in [3.05, 3.63) is 46.8 Å². The second-order valence-corrected chi connectivity index (χ2v) is 5.35. The Bertz CT molecular complexity index is 605. The summed E-state index contributed by atoms with van der Waals surface area (Å²) in [6.45, 7) is 3.24. The number of aliphatic carboxylic acids is 1. The molecule has 0 atom stereocenters. The fraction of sp³-hybridized carbons (Fsp3) is 0.375. The summed E-state index contributed by atoms with van der Waals surface area (Å²) < 4.78 is 13.2. The molecule has 0 spiro atoms. The van der Waals surface area contributed by atoms with Crippen molar-refractivity contribution in [2.45, 2.75) is 39.3 Å². The van der Waals surface area contributed by atoms with E-state index < -0.39 is 5.97 Å². The molecule has 0 heterocycles. The van der Waals surface area contributed by atoms with E-state index in [-0.39, 0.29) is 28.9 Å². The molecule has 1 fully saturated rings. The van der Waals surface area contributed by atoms with Gasteiger partial charge in [-0.05, 0) is 44.4 Å². The molecule has 0 aliphatic heterocycles. The highest BCUT2D eigenvalue weighted by atomic mass is 19.1. The summed E-state index contributed by atoms with van der Waals surface area (Å²) in [6.07, 6.45) is 1.81. The van der Waals surface area contributed by atoms with Gasteiger partial charge in [0.15, 0.2) is 0 Å². The van der Waals surface area contributed by atoms with Crippen LogP contribution in [0.4, 0.5) is 4.39 Å². The maximum Gasteiger partial charge on any atom is 0.331 e. The largest absolute Gasteiger partial charge is 0.478 e. The van der Waals surface area contributed by atoms with Gasteiger partial charge in [-0.3, -0.25) is 4.79 Å². The van der Waals surface area contributed by atoms with Crippen LogP contribution in [0.5, 0.6) is 0 Å². The Balaban J connectivity index is 2.22. The van der Waals surface area contributed by atoms with Gasteiger partial charge in [0, 0.05) is 23.7 Å². The van der Waals surface area contributed by atoms with Crippen molar-refractivity contribution in [1.82, 2.24) is 4.90 Å². The number of carbonyl (C=O) groups is 2. The summed E-state index contributed by atoms with van der Waals surface area (Å²) in [5, 5.41) is 8.99. The normalized spacial score (nSPS) is 15.4. The van der Waals surface area contributed by atoms with Gasteiger partial charge in [-0.15, -0.1) is 0 Å². The van der Waals surface area contributed by atoms with Crippen LogP contribution in [0.1, 0.15) is 32.3 Å². The first kappa shape index (κ1) is 15.2. The summed E-state index contributed by atoms with van der Waals surface area (Å²) in [5.74, 6) is -1.73. The average Bonchev–Trinajstić information content (AvgIpc) is 3.27. The SMILES string of the molecule is CC(C(=O)O)=C(C)C(=O)N(Cc1cccc(F)c1)C1CC1. The zero-order valence-electron chi connectivity index (χ0n) is 12.1. The van der Waals surface area contributed by atoms with Crippen LogP contribution in [-0.2, 0) is 16.1 Å². The molecule has 1 N–H and O–H groups in total. The van der Waals surface area contributed by atoms with Gasteiger partial charge in [-0.2, -0.15) is 0 Å². The summed E-state index contributed by atoms with van der Waals surface area (Å²) in [6, 6.07) is 6.23. The van der Waals surface area contributed by atoms with E-state index in [1.54, 1.807) is 17.0 Å². The van der Waals surface area contributed by atoms with E-state index in [1.165, 1.54) is 26.0 Å². The first-order valence-electron chi connectivity index (χ1n) is 6.86. The Labute approximate surface area is 122 Å². The van der Waals surface area contributed by atoms with Crippen molar-refractivity contribution in [3.63, 3.8) is 0 Å². The zero-order chi connectivity index (χ0) is 15.6. The third kappa shape index (κ3) is 3.68. The molecular weight excluding hydrogens is 273 g/mol. The molecule has 21 heavy (non-hydrogen) atoms. The van der Waals surface area contributed by atoms with Crippen LogP contribution in [0.25, 0.3) is 0 Å². The monoisotopic (exact) mass is 291 g/mol. The molecule has 5 heteroatoms. The molecule has 1 saturated carbocycles. The van der Waals surface area contributed by atoms with Gasteiger partial charge >= 0.3 is 5.97 Å². The number of carbonyl (C=O) groups excluding carboxylic acids is 1. The average molecular weight is 291 g/mol. The van der Waals surface area contributed by atoms with Crippen LogP contribution in [0.2, 0.25) is 0 Å². The lowest BCUT2D eigenvalue weighted by molar-refractivity contribution is -0.134. The molecule has 2 rings (SSSR count). The maximum atomic E-state index is 13.2. The summed E-state index contributed by atoms with van der Waals surface area (Å²) in [4.78, 5) is 25.1. The third-order valence-corrected chi connectivity index (χ3v) is 3.69. The van der Waals surface area contributed by atoms with Crippen LogP contribution in [0.3, 0.4) is 0 Å². The molecule has 1 amide bonds. The Morgan fingerprint density at radius 3 is 2.48 bits per heavy atom. The van der Waals surface area contributed by atoms with E-state index >= 15 is 0 Å². The van der Waals surface area contributed by atoms with Crippen LogP contribution < -0.4 is 0 Å². The minimum Gasteiger partial charge on any atom is -0.478 e. The smallest absolute Gasteiger partial charge is 0.331 e. The molecule has 0 radical (unpaired) electrons. The predicted octanol–water partition coefficient (Wildman–Crippen LogP) is 2.74. The number of carboxylic acid groups (broad SMARTS) is 1. The standard InChI is InChI=1S/C16H18FNO3/c1-10(11(2)16(20)21)15(19)18(14-6-7-14)9-12-4-3-5-13(17)8-12/h3-5,8,14H,6-7,9H2,1-2H3,(H,20,21). The van der Waals surface area contributed by atoms with E-state index in [2.05, 4.69) is 0 Å². The lowest BCUT2D eigenvalue weighted by atomic mass is 10.1. The molecule has 1 aromatic carbocycles. The molecule has 1 aliphatic carbocycles. The number of nitrogens with zero attached hydrogens (tertiary/aromatic N) is 1. The molecule has 0 unspecified atom stereocenters. The van der Waals surface area contributed by atoms with Crippen molar-refractivity contribution in [1.29, 1.82) is 0 Å². The van der Waals surface area contributed by atoms with Crippen LogP contribution in [0.15, 0.2) is 35.4 Å². The molecule has 4 nitrogen and oxygen atoms in total. The molecule has 0 saturated heterocycles. The first-order chi connectivity index (χ1) is 9.90. The summed E-state index contributed by atoms with van der Waals surface area (Å²) in [7, 11) is 0. The van der Waals surface area contributed by atoms with Crippen molar-refractivity contribution >= 4 is 11.9 Å². The Kier molecular flexibility index (Phi) is 4.40. The summed E-state index contributed by atoms with van der Waals surface area (Å²) in [5.41, 5.74) is 0.978. The molecular formula is C16H18FNO3. The molecule has 0 bridgehead atoms. The third-order valence-electron chi connectivity index (χ3n) is 3.69. The zero-order valence-corrected chi connectivity index (χ0v) is 12.1. The highest BCUT2D eigenvalue weighted by Crippen LogP contribution is 2.30. The van der Waals surface area contributed by atoms with Gasteiger partial charge in [-0.25, -0.2) is 9.18 Å². The molecule has 0 aromatic heterocycles. The highest BCUT2D eigenvalue weighted by Gasteiger charge is 2.33. The van der Waals surface area contributed by atoms with E-state index in [0.29, 0.717) is 12.1 Å². The Morgan fingerprint density at radius 2 is 1.95 bits per heavy atom. The summed E-state index contributed by atoms with van der Waals surface area (Å²) >= 11 is 0. The topological polar surface area (TPSA) is 57.6 Å². The number of rotatable bonds is 5. The molecule has 1 aromatic rings. The fourth-order valence-electron chi connectivity index (χ4n) is 2.12. The van der Waals surface area contributed by atoms with Crippen molar-refractivity contribution in [2.24, 2.45) is 0 Å². The second-order valence-electron chi connectivity index (χ2n) is 5.35. The predicted molar refractivity (Wildman–Crippen MR) is 76.0 cm³/mol. The van der Waals surface area contributed by atoms with Crippen LogP contribution >= 0.6 is 0 Å². The van der Waals surface area contributed by atoms with Crippen molar-refractivity contribution in [3.8, 4) is 0 Å². The Morgan fingerprint density at radius 1 is 1.29 bits per heavy atom. The molecule has 1 aliphatic rings. The van der Waals surface area contributed by atoms with E-state index in [9.17, 15) is 14.0 Å². The van der Waals surface area contributed by atoms with E-state index in [0.717, 1.165) is 12.8 Å². The van der Waals surface area contributed by atoms with E-state index in [1.807, 2.05) is 0 Å². The van der Waals surface area contributed by atoms with Gasteiger partial charge in [-0.1, -0.05) is 12.1 Å². The Hall–Kier alpha value is -2.17. The minimum absolute atomic E-state index is 0.0462. The number of amides is 1. The van der Waals surface area contributed by atoms with Crippen molar-refractivity contribution < 1.29 is 19.1 Å². The van der Waals surface area contributed by atoms with Crippen molar-refractivity contribution in [2.75, 3.05) is 0 Å². The van der Waals surface area contributed by atoms with Crippen LogP contribution in [-0.4, -0.2) is 27.9 Å². The second kappa shape index (κ2) is 6.08. The first-order valence-corrected chi connectivity index (χ1v) is 6.86. The van der Waals surface area contributed by atoms with Gasteiger partial charge in [0.05, 0.1) is 0 Å². The quantitative estimate of drug-likeness (QED) is 0.849. The highest BCUT2D eigenvalue weighted by molar-refractivity contribution is 6.01. The van der Waals surface area contributed by atoms with Crippen LogP contribution in [0, 0.1) is 5.82 Å². The van der Waals surface area contributed by atoms with Gasteiger partial charge in [0.25, 0.3) is 5.91 Å². The molecule has 112 valence electrons. The van der Waals surface area contributed by atoms with E-state index in [4.69, 9.17) is 5.11 Å². The number of carboxylic acids is 1. The van der Waals surface area contributed by atoms with Gasteiger partial charge in [0.1, 0.15) is 5.82 Å². The van der Waals surface area contributed by atoms with Gasteiger partial charge in [0.2, 0.25) is 0 Å². The fourth-order valence-corrected chi connectivity index (χ4v) is 2.12. The minimum atomic E-state index is -1.10. The number of hydrogen-bond donors (Lipinski definition) is 1. The number of benzene rings is 1. The lowest BCUT2D eigenvalue weighted by Crippen LogP contribution is -2.34. The number of hydrogen-bond acceptors (Lipinski definition) is 2. The maximum absolute atomic E-state index is 13.2. The van der Waals surface area contributed by atoms with Gasteiger partial charge < -0.3 is 10.0 Å².